The smallest absolute Gasteiger partial charge is 0.137 e. The van der Waals surface area contributed by atoms with Crippen LogP contribution in [0.25, 0.3) is 0 Å². The molecule has 54 valence electrons. The van der Waals surface area contributed by atoms with E-state index in [1.54, 1.807) is 0 Å². The molecule has 0 aliphatic heterocycles. The Hall–Kier alpha value is -0.900. The van der Waals surface area contributed by atoms with Crippen LogP contribution in [0.5, 0.6) is 17.2 Å². The van der Waals surface area contributed by atoms with Gasteiger partial charge < -0.3 is 15.3 Å². The molecule has 0 fully saturated rings. The minimum Gasteiger partial charge on any atom is -0.508 e. The molecule has 0 aliphatic carbocycles. The fourth-order valence-electron chi connectivity index (χ4n) is 0.580. The van der Waals surface area contributed by atoms with Crippen molar-refractivity contribution in [1.29, 1.82) is 0 Å². The van der Waals surface area contributed by atoms with Crippen LogP contribution in [0.2, 0.25) is 0 Å². The molecule has 1 aromatic rings. The van der Waals surface area contributed by atoms with Crippen molar-refractivity contribution in [2.75, 3.05) is 0 Å². The Morgan fingerprint density at radius 1 is 1.00 bits per heavy atom. The summed E-state index contributed by atoms with van der Waals surface area (Å²) < 4.78 is 0.185. The van der Waals surface area contributed by atoms with Gasteiger partial charge in [-0.2, -0.15) is 0 Å². The van der Waals surface area contributed by atoms with Crippen molar-refractivity contribution in [3.05, 3.63) is 16.6 Å². The maximum absolute atomic E-state index is 8.91. The van der Waals surface area contributed by atoms with Crippen LogP contribution < -0.4 is 0 Å². The summed E-state index contributed by atoms with van der Waals surface area (Å²) in [5.41, 5.74) is 0. The second-order valence-corrected chi connectivity index (χ2v) is 2.59. The van der Waals surface area contributed by atoms with E-state index in [4.69, 9.17) is 15.3 Å². The highest BCUT2D eigenvalue weighted by Crippen LogP contribution is 2.36. The van der Waals surface area contributed by atoms with Crippen LogP contribution in [0.4, 0.5) is 0 Å². The van der Waals surface area contributed by atoms with E-state index in [1.165, 1.54) is 0 Å². The molecule has 3 nitrogen and oxygen atoms in total. The van der Waals surface area contributed by atoms with Gasteiger partial charge in [-0.25, -0.2) is 0 Å². The molecule has 0 radical (unpaired) electrons. The minimum absolute atomic E-state index is 0.168. The predicted molar refractivity (Wildman–Crippen MR) is 39.1 cm³/mol. The van der Waals surface area contributed by atoms with E-state index in [0.717, 1.165) is 12.1 Å². The third-order valence-electron chi connectivity index (χ3n) is 1.02. The summed E-state index contributed by atoms with van der Waals surface area (Å²) >= 11 is 2.90. The van der Waals surface area contributed by atoms with E-state index in [1.807, 2.05) is 0 Å². The van der Waals surface area contributed by atoms with Crippen LogP contribution in [0.1, 0.15) is 0 Å². The maximum Gasteiger partial charge on any atom is 0.137 e. The zero-order valence-corrected chi connectivity index (χ0v) is 6.46. The molecule has 0 saturated carbocycles. The van der Waals surface area contributed by atoms with Crippen molar-refractivity contribution in [1.82, 2.24) is 0 Å². The third kappa shape index (κ3) is 1.16. The van der Waals surface area contributed by atoms with Crippen molar-refractivity contribution in [2.45, 2.75) is 0 Å². The Morgan fingerprint density at radius 2 is 1.40 bits per heavy atom. The molecule has 10 heavy (non-hydrogen) atoms. The number of phenols is 3. The van der Waals surface area contributed by atoms with Crippen molar-refractivity contribution >= 4 is 15.9 Å². The van der Waals surface area contributed by atoms with E-state index < -0.39 is 0 Å². The van der Waals surface area contributed by atoms with Crippen LogP contribution >= 0.6 is 15.9 Å². The second-order valence-electron chi connectivity index (χ2n) is 1.80. The molecule has 0 aromatic heterocycles. The summed E-state index contributed by atoms with van der Waals surface area (Å²) in [5, 5.41) is 26.6. The molecule has 0 atom stereocenters. The Morgan fingerprint density at radius 3 is 1.80 bits per heavy atom. The summed E-state index contributed by atoms with van der Waals surface area (Å²) in [6.07, 6.45) is 0. The van der Waals surface area contributed by atoms with E-state index in [0.29, 0.717) is 0 Å². The molecule has 0 amide bonds. The van der Waals surface area contributed by atoms with Gasteiger partial charge in [-0.05, 0) is 15.9 Å². The minimum atomic E-state index is -0.183. The van der Waals surface area contributed by atoms with Crippen molar-refractivity contribution in [3.8, 4) is 17.2 Å². The first-order valence-electron chi connectivity index (χ1n) is 2.51. The highest BCUT2D eigenvalue weighted by molar-refractivity contribution is 9.10. The van der Waals surface area contributed by atoms with E-state index >= 15 is 0 Å². The molecule has 3 N–H and O–H groups in total. The van der Waals surface area contributed by atoms with Crippen molar-refractivity contribution in [3.63, 3.8) is 0 Å². The van der Waals surface area contributed by atoms with Gasteiger partial charge in [0.05, 0.1) is 0 Å². The summed E-state index contributed by atoms with van der Waals surface area (Å²) in [6, 6.07) is 2.26. The van der Waals surface area contributed by atoms with Crippen LogP contribution in [-0.2, 0) is 0 Å². The molecule has 0 heterocycles. The van der Waals surface area contributed by atoms with E-state index in [9.17, 15) is 0 Å². The fraction of sp³-hybridized carbons (Fsp3) is 0. The normalized spacial score (nSPS) is 9.70. The van der Waals surface area contributed by atoms with Gasteiger partial charge in [-0.1, -0.05) is 0 Å². The summed E-state index contributed by atoms with van der Waals surface area (Å²) in [6.45, 7) is 0. The molecule has 1 rings (SSSR count). The first-order valence-corrected chi connectivity index (χ1v) is 3.31. The van der Waals surface area contributed by atoms with Crippen LogP contribution in [0, 0.1) is 0 Å². The number of rotatable bonds is 0. The van der Waals surface area contributed by atoms with Crippen LogP contribution in [0.3, 0.4) is 0 Å². The van der Waals surface area contributed by atoms with Gasteiger partial charge >= 0.3 is 0 Å². The number of aromatic hydroxyl groups is 3. The van der Waals surface area contributed by atoms with Crippen LogP contribution in [0.15, 0.2) is 16.6 Å². The van der Waals surface area contributed by atoms with E-state index in [2.05, 4.69) is 15.9 Å². The Kier molecular flexibility index (Phi) is 1.72. The molecule has 1 aromatic carbocycles. The monoisotopic (exact) mass is 204 g/mol. The van der Waals surface area contributed by atoms with Gasteiger partial charge in [0.2, 0.25) is 0 Å². The predicted octanol–water partition coefficient (Wildman–Crippen LogP) is 1.57. The van der Waals surface area contributed by atoms with Crippen molar-refractivity contribution in [2.24, 2.45) is 0 Å². The molecule has 0 aliphatic rings. The summed E-state index contributed by atoms with van der Waals surface area (Å²) in [7, 11) is 0. The first-order chi connectivity index (χ1) is 4.61. The molecule has 0 unspecified atom stereocenters. The average molecular weight is 205 g/mol. The van der Waals surface area contributed by atoms with Gasteiger partial charge in [0.25, 0.3) is 0 Å². The zero-order valence-electron chi connectivity index (χ0n) is 4.87. The Labute approximate surface area is 65.7 Å². The topological polar surface area (TPSA) is 60.7 Å². The van der Waals surface area contributed by atoms with Gasteiger partial charge in [-0.3, -0.25) is 0 Å². The number of halogens is 1. The largest absolute Gasteiger partial charge is 0.508 e. The lowest BCUT2D eigenvalue weighted by Crippen LogP contribution is -1.71. The quantitative estimate of drug-likeness (QED) is 0.602. The number of hydrogen-bond acceptors (Lipinski definition) is 3. The first kappa shape index (κ1) is 7.21. The maximum atomic E-state index is 8.91. The van der Waals surface area contributed by atoms with Gasteiger partial charge in [-0.15, -0.1) is 0 Å². The zero-order chi connectivity index (χ0) is 7.72. The number of phenolic OH excluding ortho intramolecular Hbond substituents is 3. The number of hydrogen-bond donors (Lipinski definition) is 3. The third-order valence-corrected chi connectivity index (χ3v) is 1.83. The number of benzene rings is 1. The average Bonchev–Trinajstić information content (AvgIpc) is 1.82. The Bertz CT molecular complexity index is 236. The van der Waals surface area contributed by atoms with Crippen LogP contribution in [-0.4, -0.2) is 15.3 Å². The van der Waals surface area contributed by atoms with Gasteiger partial charge in [0.15, 0.2) is 0 Å². The lowest BCUT2D eigenvalue weighted by Gasteiger charge is -1.99. The lowest BCUT2D eigenvalue weighted by atomic mass is 10.3. The highest BCUT2D eigenvalue weighted by atomic mass is 79.9. The van der Waals surface area contributed by atoms with Gasteiger partial charge in [0, 0.05) is 12.1 Å². The lowest BCUT2D eigenvalue weighted by molar-refractivity contribution is 0.423. The molecular formula is C6H5BrO3. The van der Waals surface area contributed by atoms with Gasteiger partial charge in [0.1, 0.15) is 21.7 Å². The Balaban J connectivity index is 3.31. The van der Waals surface area contributed by atoms with Crippen molar-refractivity contribution < 1.29 is 15.3 Å². The molecule has 0 saturated heterocycles. The highest BCUT2D eigenvalue weighted by Gasteiger charge is 2.04. The standard InChI is InChI=1S/C6H5BrO3/c7-6-4(9)1-3(8)2-5(6)10/h1-2,8-10H. The second kappa shape index (κ2) is 2.38. The molecular weight excluding hydrogens is 200 g/mol. The van der Waals surface area contributed by atoms with E-state index in [-0.39, 0.29) is 21.7 Å². The molecule has 0 spiro atoms. The SMILES string of the molecule is Oc1cc(O)c(Br)c(O)c1. The molecule has 0 bridgehead atoms. The fourth-order valence-corrected chi connectivity index (χ4v) is 0.809. The summed E-state index contributed by atoms with van der Waals surface area (Å²) in [4.78, 5) is 0. The molecule has 4 heteroatoms. The summed E-state index contributed by atoms with van der Waals surface area (Å²) in [5.74, 6) is -0.534.